The molecule has 0 saturated heterocycles. The van der Waals surface area contributed by atoms with Crippen LogP contribution in [-0.2, 0) is 18.4 Å². The third-order valence-electron chi connectivity index (χ3n) is 4.25. The molecule has 0 heterocycles. The van der Waals surface area contributed by atoms with Crippen molar-refractivity contribution in [3.63, 3.8) is 0 Å². The first-order chi connectivity index (χ1) is 9.62. The van der Waals surface area contributed by atoms with Gasteiger partial charge in [0.2, 0.25) is 0 Å². The molecule has 2 aromatic rings. The summed E-state index contributed by atoms with van der Waals surface area (Å²) in [6, 6.07) is 14.3. The average Bonchev–Trinajstić information content (AvgIpc) is 2.77. The van der Waals surface area contributed by atoms with Gasteiger partial charge in [-0.25, -0.2) is 0 Å². The molecule has 0 saturated carbocycles. The van der Waals surface area contributed by atoms with Crippen LogP contribution in [0.3, 0.4) is 0 Å². The van der Waals surface area contributed by atoms with Gasteiger partial charge in [0.1, 0.15) is 5.75 Å². The minimum atomic E-state index is -0.766. The normalized spacial score (nSPS) is 20.8. The largest absolute Gasteiger partial charge is 0.496 e. The van der Waals surface area contributed by atoms with Crippen molar-refractivity contribution >= 4 is 0 Å². The van der Waals surface area contributed by atoms with Crippen LogP contribution in [0.15, 0.2) is 42.5 Å². The van der Waals surface area contributed by atoms with E-state index in [1.54, 1.807) is 7.11 Å². The highest BCUT2D eigenvalue weighted by Gasteiger charge is 2.37. The number of fused-ring (bicyclic) bond motifs is 1. The van der Waals surface area contributed by atoms with Crippen molar-refractivity contribution < 1.29 is 9.84 Å². The van der Waals surface area contributed by atoms with Crippen LogP contribution in [0.5, 0.6) is 5.75 Å². The topological polar surface area (TPSA) is 29.5 Å². The van der Waals surface area contributed by atoms with Crippen molar-refractivity contribution in [2.24, 2.45) is 0 Å². The summed E-state index contributed by atoms with van der Waals surface area (Å²) >= 11 is 0. The number of benzene rings is 2. The molecule has 0 amide bonds. The third kappa shape index (κ3) is 2.20. The van der Waals surface area contributed by atoms with Gasteiger partial charge in [-0.2, -0.15) is 0 Å². The van der Waals surface area contributed by atoms with E-state index in [-0.39, 0.29) is 0 Å². The molecule has 1 unspecified atom stereocenters. The Morgan fingerprint density at radius 1 is 1.20 bits per heavy atom. The second-order valence-electron chi connectivity index (χ2n) is 5.68. The third-order valence-corrected chi connectivity index (χ3v) is 4.25. The van der Waals surface area contributed by atoms with Crippen LogP contribution in [0.4, 0.5) is 0 Å². The zero-order valence-corrected chi connectivity index (χ0v) is 12.0. The molecule has 3 rings (SSSR count). The number of ether oxygens (including phenoxy) is 1. The highest BCUT2D eigenvalue weighted by molar-refractivity contribution is 5.43. The van der Waals surface area contributed by atoms with E-state index < -0.39 is 5.60 Å². The molecule has 0 spiro atoms. The first kappa shape index (κ1) is 13.2. The second kappa shape index (κ2) is 4.95. The number of hydrogen-bond acceptors (Lipinski definition) is 2. The van der Waals surface area contributed by atoms with Crippen molar-refractivity contribution in [2.75, 3.05) is 7.11 Å². The first-order valence-corrected chi connectivity index (χ1v) is 7.07. The van der Waals surface area contributed by atoms with Crippen LogP contribution in [0.25, 0.3) is 0 Å². The van der Waals surface area contributed by atoms with Crippen LogP contribution < -0.4 is 4.74 Å². The maximum atomic E-state index is 11.1. The number of rotatable bonds is 3. The molecule has 1 N–H and O–H groups in total. The second-order valence-corrected chi connectivity index (χ2v) is 5.68. The first-order valence-electron chi connectivity index (χ1n) is 7.07. The maximum absolute atomic E-state index is 11.1. The Labute approximate surface area is 120 Å². The minimum absolute atomic E-state index is 0.606. The summed E-state index contributed by atoms with van der Waals surface area (Å²) in [6.07, 6.45) is 2.33. The summed E-state index contributed by atoms with van der Waals surface area (Å²) in [4.78, 5) is 0. The van der Waals surface area contributed by atoms with E-state index in [4.69, 9.17) is 4.74 Å². The summed E-state index contributed by atoms with van der Waals surface area (Å²) in [5.41, 5.74) is 3.84. The van der Waals surface area contributed by atoms with Crippen molar-refractivity contribution in [3.8, 4) is 5.75 Å². The SMILES string of the molecule is COc1ccc(C)cc1CC1(O)CCc2ccccc21. The fourth-order valence-electron chi connectivity index (χ4n) is 3.21. The fourth-order valence-corrected chi connectivity index (χ4v) is 3.21. The van der Waals surface area contributed by atoms with Gasteiger partial charge in [-0.05, 0) is 42.5 Å². The Morgan fingerprint density at radius 2 is 2.00 bits per heavy atom. The monoisotopic (exact) mass is 268 g/mol. The maximum Gasteiger partial charge on any atom is 0.122 e. The molecule has 1 aliphatic carbocycles. The lowest BCUT2D eigenvalue weighted by molar-refractivity contribution is 0.0384. The van der Waals surface area contributed by atoms with Gasteiger partial charge in [0.05, 0.1) is 12.7 Å². The van der Waals surface area contributed by atoms with Gasteiger partial charge < -0.3 is 9.84 Å². The molecule has 2 aromatic carbocycles. The Morgan fingerprint density at radius 3 is 2.80 bits per heavy atom. The van der Waals surface area contributed by atoms with Gasteiger partial charge >= 0.3 is 0 Å². The Hall–Kier alpha value is -1.80. The molecular weight excluding hydrogens is 248 g/mol. The van der Waals surface area contributed by atoms with Gasteiger partial charge in [-0.15, -0.1) is 0 Å². The number of methoxy groups -OCH3 is 1. The fraction of sp³-hybridized carbons (Fsp3) is 0.333. The predicted molar refractivity (Wildman–Crippen MR) is 80.1 cm³/mol. The van der Waals surface area contributed by atoms with Crippen molar-refractivity contribution in [3.05, 3.63) is 64.7 Å². The van der Waals surface area contributed by atoms with Gasteiger partial charge in [0, 0.05) is 6.42 Å². The van der Waals surface area contributed by atoms with E-state index in [0.717, 1.165) is 29.7 Å². The molecule has 20 heavy (non-hydrogen) atoms. The van der Waals surface area contributed by atoms with Gasteiger partial charge in [-0.3, -0.25) is 0 Å². The van der Waals surface area contributed by atoms with Crippen LogP contribution in [0, 0.1) is 6.92 Å². The van der Waals surface area contributed by atoms with Crippen LogP contribution in [0.2, 0.25) is 0 Å². The van der Waals surface area contributed by atoms with Gasteiger partial charge in [0.25, 0.3) is 0 Å². The molecule has 2 heteroatoms. The van der Waals surface area contributed by atoms with E-state index in [1.807, 2.05) is 30.3 Å². The Balaban J connectivity index is 1.98. The highest BCUT2D eigenvalue weighted by Crippen LogP contribution is 2.40. The lowest BCUT2D eigenvalue weighted by Crippen LogP contribution is -2.25. The predicted octanol–water partition coefficient (Wildman–Crippen LogP) is 3.38. The molecule has 0 fully saturated rings. The van der Waals surface area contributed by atoms with E-state index in [9.17, 15) is 5.11 Å². The summed E-state index contributed by atoms with van der Waals surface area (Å²) in [5.74, 6) is 0.855. The lowest BCUT2D eigenvalue weighted by Gasteiger charge is -2.25. The number of aliphatic hydroxyl groups is 1. The van der Waals surface area contributed by atoms with Gasteiger partial charge in [0.15, 0.2) is 0 Å². The van der Waals surface area contributed by atoms with Crippen LogP contribution in [-0.4, -0.2) is 12.2 Å². The van der Waals surface area contributed by atoms with E-state index in [0.29, 0.717) is 6.42 Å². The van der Waals surface area contributed by atoms with Crippen LogP contribution in [0.1, 0.15) is 28.7 Å². The Kier molecular flexibility index (Phi) is 3.27. The summed E-state index contributed by atoms with van der Waals surface area (Å²) in [5, 5.41) is 11.1. The zero-order valence-electron chi connectivity index (χ0n) is 12.0. The summed E-state index contributed by atoms with van der Waals surface area (Å²) < 4.78 is 5.43. The molecular formula is C18H20O2. The average molecular weight is 268 g/mol. The Bertz CT molecular complexity index is 633. The molecule has 0 bridgehead atoms. The minimum Gasteiger partial charge on any atom is -0.496 e. The smallest absolute Gasteiger partial charge is 0.122 e. The van der Waals surface area contributed by atoms with Crippen molar-refractivity contribution in [2.45, 2.75) is 31.8 Å². The highest BCUT2D eigenvalue weighted by atomic mass is 16.5. The quantitative estimate of drug-likeness (QED) is 0.924. The van der Waals surface area contributed by atoms with Gasteiger partial charge in [-0.1, -0.05) is 42.0 Å². The van der Waals surface area contributed by atoms with E-state index >= 15 is 0 Å². The molecule has 1 atom stereocenters. The standard InChI is InChI=1S/C18H20O2/c1-13-7-8-17(20-2)15(11-13)12-18(19)10-9-14-5-3-4-6-16(14)18/h3-8,11,19H,9-10,12H2,1-2H3. The lowest BCUT2D eigenvalue weighted by atomic mass is 9.88. The van der Waals surface area contributed by atoms with E-state index in [1.165, 1.54) is 11.1 Å². The summed E-state index contributed by atoms with van der Waals surface area (Å²) in [6.45, 7) is 2.07. The molecule has 0 radical (unpaired) electrons. The summed E-state index contributed by atoms with van der Waals surface area (Å²) in [7, 11) is 1.68. The molecule has 0 aliphatic heterocycles. The zero-order chi connectivity index (χ0) is 14.2. The van der Waals surface area contributed by atoms with Crippen molar-refractivity contribution in [1.29, 1.82) is 0 Å². The van der Waals surface area contributed by atoms with Crippen LogP contribution >= 0.6 is 0 Å². The van der Waals surface area contributed by atoms with E-state index in [2.05, 4.69) is 19.1 Å². The molecule has 1 aliphatic rings. The molecule has 2 nitrogen and oxygen atoms in total. The van der Waals surface area contributed by atoms with Crippen molar-refractivity contribution in [1.82, 2.24) is 0 Å². The molecule has 0 aromatic heterocycles. The number of hydrogen-bond donors (Lipinski definition) is 1. The number of aryl methyl sites for hydroxylation is 2. The molecule has 104 valence electrons.